The zero-order valence-corrected chi connectivity index (χ0v) is 9.08. The van der Waals surface area contributed by atoms with Crippen LogP contribution >= 0.6 is 0 Å². The van der Waals surface area contributed by atoms with Gasteiger partial charge in [-0.3, -0.25) is 4.79 Å². The molecule has 0 saturated carbocycles. The van der Waals surface area contributed by atoms with Crippen molar-refractivity contribution in [1.29, 1.82) is 0 Å². The van der Waals surface area contributed by atoms with Crippen molar-refractivity contribution in [2.75, 3.05) is 0 Å². The summed E-state index contributed by atoms with van der Waals surface area (Å²) >= 11 is 0. The van der Waals surface area contributed by atoms with Crippen LogP contribution in [0.5, 0.6) is 0 Å². The second-order valence-corrected chi connectivity index (χ2v) is 1.49. The predicted molar refractivity (Wildman–Crippen MR) is 28.2 cm³/mol. The summed E-state index contributed by atoms with van der Waals surface area (Å²) in [5, 5.41) is 7.99. The maximum absolute atomic E-state index is 9.70. The van der Waals surface area contributed by atoms with Gasteiger partial charge in [-0.2, -0.15) is 0 Å². The number of rotatable bonds is 1. The van der Waals surface area contributed by atoms with Crippen molar-refractivity contribution >= 4 is 54.9 Å². The first kappa shape index (κ1) is 10.9. The van der Waals surface area contributed by atoms with Gasteiger partial charge in [-0.25, -0.2) is 0 Å². The van der Waals surface area contributed by atoms with Crippen molar-refractivity contribution in [3.8, 4) is 0 Å². The Balaban J connectivity index is 0. The minimum absolute atomic E-state index is 0. The van der Waals surface area contributed by atoms with E-state index in [0.717, 1.165) is 0 Å². The molecule has 0 saturated heterocycles. The van der Waals surface area contributed by atoms with E-state index in [4.69, 9.17) is 5.11 Å². The average molecular weight is 225 g/mol. The molecule has 0 spiro atoms. The Morgan fingerprint density at radius 3 is 1.71 bits per heavy atom. The van der Waals surface area contributed by atoms with Gasteiger partial charge in [0.05, 0.1) is 5.92 Å². The number of hydrogen-bond donors (Lipinski definition) is 1. The van der Waals surface area contributed by atoms with E-state index in [-0.39, 0.29) is 54.8 Å². The van der Waals surface area contributed by atoms with Crippen LogP contribution < -0.4 is 0 Å². The summed E-state index contributed by atoms with van der Waals surface area (Å²) in [4.78, 5) is 9.70. The maximum atomic E-state index is 9.70. The summed E-state index contributed by atoms with van der Waals surface area (Å²) in [6.45, 7) is 3.28. The fraction of sp³-hybridized carbons (Fsp3) is 0.750. The van der Waals surface area contributed by atoms with Crippen molar-refractivity contribution < 1.29 is 9.90 Å². The first-order valence-electron chi connectivity index (χ1n) is 1.87. The van der Waals surface area contributed by atoms with Crippen LogP contribution in [0.3, 0.4) is 0 Å². The molecule has 2 nitrogen and oxygen atoms in total. The van der Waals surface area contributed by atoms with Crippen LogP contribution in [0.25, 0.3) is 0 Å². The molecule has 2 radical (unpaired) electrons. The number of aliphatic carboxylic acids is 1. The normalized spacial score (nSPS) is 7.86. The summed E-state index contributed by atoms with van der Waals surface area (Å²) in [5.74, 6) is -0.972. The van der Waals surface area contributed by atoms with E-state index in [2.05, 4.69) is 0 Å². The van der Waals surface area contributed by atoms with Crippen LogP contribution in [-0.2, 0) is 4.79 Å². The minimum atomic E-state index is -0.741. The molecular formula is C4H8BaO2. The van der Waals surface area contributed by atoms with Crippen LogP contribution in [0.4, 0.5) is 0 Å². The zero-order valence-electron chi connectivity index (χ0n) is 4.64. The van der Waals surface area contributed by atoms with E-state index >= 15 is 0 Å². The molecule has 0 aromatic carbocycles. The number of carboxylic acid groups (broad SMARTS) is 1. The fourth-order valence-corrected chi connectivity index (χ4v) is 0. The summed E-state index contributed by atoms with van der Waals surface area (Å²) in [6, 6.07) is 0. The molecule has 0 aromatic rings. The third kappa shape index (κ3) is 7.04. The van der Waals surface area contributed by atoms with Gasteiger partial charge in [0.2, 0.25) is 0 Å². The molecule has 0 aliphatic heterocycles. The quantitative estimate of drug-likeness (QED) is 0.654. The Kier molecular flexibility index (Phi) is 8.09. The van der Waals surface area contributed by atoms with Crippen LogP contribution in [0, 0.1) is 5.92 Å². The van der Waals surface area contributed by atoms with Gasteiger partial charge in [-0.1, -0.05) is 13.8 Å². The second kappa shape index (κ2) is 5.18. The van der Waals surface area contributed by atoms with Crippen molar-refractivity contribution in [1.82, 2.24) is 0 Å². The molecule has 3 heteroatoms. The van der Waals surface area contributed by atoms with E-state index in [1.165, 1.54) is 0 Å². The number of hydrogen-bond acceptors (Lipinski definition) is 1. The molecule has 1 N–H and O–H groups in total. The van der Waals surface area contributed by atoms with Gasteiger partial charge in [0.1, 0.15) is 0 Å². The number of carboxylic acids is 1. The van der Waals surface area contributed by atoms with Crippen LogP contribution in [0.1, 0.15) is 13.8 Å². The maximum Gasteiger partial charge on any atom is 0.305 e. The van der Waals surface area contributed by atoms with Gasteiger partial charge in [0, 0.05) is 48.9 Å². The van der Waals surface area contributed by atoms with Crippen LogP contribution in [-0.4, -0.2) is 60.0 Å². The van der Waals surface area contributed by atoms with E-state index in [1.54, 1.807) is 13.8 Å². The number of carbonyl (C=O) groups is 1. The molecular weight excluding hydrogens is 217 g/mol. The first-order chi connectivity index (χ1) is 2.64. The Bertz CT molecular complexity index is 60.7. The van der Waals surface area contributed by atoms with Crippen molar-refractivity contribution in [2.24, 2.45) is 5.92 Å². The first-order valence-corrected chi connectivity index (χ1v) is 1.87. The molecule has 0 fully saturated rings. The standard InChI is InChI=1S/C4H8O2.Ba/c1-3(2)4(5)6;/h3H,1-2H3,(H,5,6);. The van der Waals surface area contributed by atoms with Crippen molar-refractivity contribution in [3.05, 3.63) is 0 Å². The summed E-state index contributed by atoms with van der Waals surface area (Å²) in [7, 11) is 0. The van der Waals surface area contributed by atoms with E-state index in [0.29, 0.717) is 0 Å². The Labute approximate surface area is 83.4 Å². The molecule has 0 atom stereocenters. The molecule has 0 amide bonds. The minimum Gasteiger partial charge on any atom is -0.481 e. The third-order valence-electron chi connectivity index (χ3n) is 0.494. The molecule has 0 aromatic heterocycles. The molecule has 0 aliphatic carbocycles. The van der Waals surface area contributed by atoms with E-state index in [1.807, 2.05) is 0 Å². The average Bonchev–Trinajstić information content (AvgIpc) is 1.36. The van der Waals surface area contributed by atoms with Crippen molar-refractivity contribution in [3.63, 3.8) is 0 Å². The van der Waals surface area contributed by atoms with Gasteiger partial charge in [0.15, 0.2) is 0 Å². The van der Waals surface area contributed by atoms with Crippen molar-refractivity contribution in [2.45, 2.75) is 13.8 Å². The van der Waals surface area contributed by atoms with E-state index in [9.17, 15) is 4.79 Å². The largest absolute Gasteiger partial charge is 0.481 e. The predicted octanol–water partition coefficient (Wildman–Crippen LogP) is 0.346. The second-order valence-electron chi connectivity index (χ2n) is 1.49. The van der Waals surface area contributed by atoms with Crippen LogP contribution in [0.15, 0.2) is 0 Å². The van der Waals surface area contributed by atoms with Gasteiger partial charge in [-0.05, 0) is 0 Å². The Hall–Kier alpha value is 1.04. The third-order valence-corrected chi connectivity index (χ3v) is 0.494. The SMILES string of the molecule is CC(C)C(=O)O.[Ba]. The summed E-state index contributed by atoms with van der Waals surface area (Å²) in [5.41, 5.74) is 0. The fourth-order valence-electron chi connectivity index (χ4n) is 0. The monoisotopic (exact) mass is 226 g/mol. The van der Waals surface area contributed by atoms with E-state index < -0.39 is 5.97 Å². The zero-order chi connectivity index (χ0) is 5.15. The molecule has 38 valence electrons. The Morgan fingerprint density at radius 2 is 1.71 bits per heavy atom. The molecule has 0 rings (SSSR count). The van der Waals surface area contributed by atoms with Crippen LogP contribution in [0.2, 0.25) is 0 Å². The molecule has 0 bridgehead atoms. The summed E-state index contributed by atoms with van der Waals surface area (Å²) < 4.78 is 0. The molecule has 0 heterocycles. The molecule has 7 heavy (non-hydrogen) atoms. The smallest absolute Gasteiger partial charge is 0.305 e. The topological polar surface area (TPSA) is 37.3 Å². The molecule has 0 aliphatic rings. The van der Waals surface area contributed by atoms with Gasteiger partial charge in [-0.15, -0.1) is 0 Å². The molecule has 0 unspecified atom stereocenters. The Morgan fingerprint density at radius 1 is 1.57 bits per heavy atom. The van der Waals surface area contributed by atoms with Gasteiger partial charge >= 0.3 is 5.97 Å². The van der Waals surface area contributed by atoms with Gasteiger partial charge in [0.25, 0.3) is 0 Å². The summed E-state index contributed by atoms with van der Waals surface area (Å²) in [6.07, 6.45) is 0. The van der Waals surface area contributed by atoms with Gasteiger partial charge < -0.3 is 5.11 Å².